The predicted molar refractivity (Wildman–Crippen MR) is 80.7 cm³/mol. The Morgan fingerprint density at radius 3 is 2.52 bits per heavy atom. The molecule has 2 aromatic carbocycles. The summed E-state index contributed by atoms with van der Waals surface area (Å²) in [5.74, 6) is -1.34. The number of anilines is 2. The Morgan fingerprint density at radius 2 is 1.90 bits per heavy atom. The zero-order valence-corrected chi connectivity index (χ0v) is 12.1. The third kappa shape index (κ3) is 3.05. The minimum Gasteiger partial charge on any atom is -0.507 e. The van der Waals surface area contributed by atoms with Gasteiger partial charge in [0.25, 0.3) is 0 Å². The molecule has 0 saturated heterocycles. The van der Waals surface area contributed by atoms with Gasteiger partial charge in [0, 0.05) is 11.6 Å². The molecule has 0 heterocycles. The summed E-state index contributed by atoms with van der Waals surface area (Å²) in [5, 5.41) is 31.0. The molecular formula is C14H11Cl2NO4. The lowest BCUT2D eigenvalue weighted by Crippen LogP contribution is -2.03. The Hall–Kier alpha value is -1.95. The molecule has 2 aromatic rings. The van der Waals surface area contributed by atoms with Crippen LogP contribution in [-0.2, 0) is 6.61 Å². The molecule has 0 fully saturated rings. The molecule has 2 rings (SSSR count). The lowest BCUT2D eigenvalue weighted by Gasteiger charge is -2.15. The Morgan fingerprint density at radius 1 is 1.24 bits per heavy atom. The van der Waals surface area contributed by atoms with Gasteiger partial charge < -0.3 is 20.6 Å². The predicted octanol–water partition coefficient (Wildman–Crippen LogP) is 3.63. The van der Waals surface area contributed by atoms with Gasteiger partial charge >= 0.3 is 5.97 Å². The van der Waals surface area contributed by atoms with Gasteiger partial charge in [-0.3, -0.25) is 0 Å². The fraction of sp³-hybridized carbons (Fsp3) is 0.0714. The van der Waals surface area contributed by atoms with Gasteiger partial charge in [-0.2, -0.15) is 0 Å². The van der Waals surface area contributed by atoms with Crippen LogP contribution in [0.3, 0.4) is 0 Å². The molecule has 0 aliphatic heterocycles. The van der Waals surface area contributed by atoms with Gasteiger partial charge in [0.1, 0.15) is 5.75 Å². The van der Waals surface area contributed by atoms with Crippen molar-refractivity contribution < 1.29 is 20.1 Å². The van der Waals surface area contributed by atoms with E-state index in [0.29, 0.717) is 5.69 Å². The lowest BCUT2D eigenvalue weighted by molar-refractivity contribution is 0.0698. The van der Waals surface area contributed by atoms with Crippen LogP contribution in [-0.4, -0.2) is 21.3 Å². The summed E-state index contributed by atoms with van der Waals surface area (Å²) in [6, 6.07) is 7.46. The Balaban J connectivity index is 2.53. The first-order chi connectivity index (χ1) is 9.95. The van der Waals surface area contributed by atoms with Crippen LogP contribution in [0, 0.1) is 0 Å². The zero-order valence-electron chi connectivity index (χ0n) is 10.6. The molecule has 110 valence electrons. The minimum absolute atomic E-state index is 0.0303. The smallest absolute Gasteiger partial charge is 0.337 e. The van der Waals surface area contributed by atoms with E-state index in [0.717, 1.165) is 0 Å². The second-order valence-electron chi connectivity index (χ2n) is 4.18. The highest BCUT2D eigenvalue weighted by atomic mass is 35.5. The Bertz CT molecular complexity index is 704. The average Bonchev–Trinajstić information content (AvgIpc) is 2.44. The first kappa shape index (κ1) is 15.4. The quantitative estimate of drug-likeness (QED) is 0.644. The van der Waals surface area contributed by atoms with E-state index in [9.17, 15) is 15.0 Å². The number of aromatic hydroxyl groups is 1. The molecule has 0 unspecified atom stereocenters. The van der Waals surface area contributed by atoms with Crippen molar-refractivity contribution in [2.24, 2.45) is 0 Å². The number of carboxylic acids is 1. The van der Waals surface area contributed by atoms with Crippen molar-refractivity contribution in [3.8, 4) is 5.75 Å². The van der Waals surface area contributed by atoms with Crippen molar-refractivity contribution in [2.75, 3.05) is 5.32 Å². The van der Waals surface area contributed by atoms with Gasteiger partial charge in [-0.1, -0.05) is 35.3 Å². The fourth-order valence-corrected chi connectivity index (χ4v) is 2.42. The number of halogens is 2. The molecule has 0 spiro atoms. The number of nitrogens with one attached hydrogen (secondary N) is 1. The Kier molecular flexibility index (Phi) is 4.57. The summed E-state index contributed by atoms with van der Waals surface area (Å²) in [6.45, 7) is -0.475. The maximum atomic E-state index is 11.2. The number of hydrogen-bond donors (Lipinski definition) is 4. The molecule has 0 aliphatic rings. The monoisotopic (exact) mass is 327 g/mol. The average molecular weight is 328 g/mol. The van der Waals surface area contributed by atoms with E-state index in [-0.39, 0.29) is 32.6 Å². The number of benzene rings is 2. The standard InChI is InChI=1S/C14H11Cl2NO4/c15-9-5-11(19)8(6-18)12(16)13(9)17-10-4-2-1-3-7(10)14(20)21/h1-5,17-19H,6H2,(H,20,21). The minimum atomic E-state index is -1.11. The van der Waals surface area contributed by atoms with E-state index in [1.807, 2.05) is 0 Å². The second kappa shape index (κ2) is 6.22. The van der Waals surface area contributed by atoms with Crippen molar-refractivity contribution in [1.29, 1.82) is 0 Å². The van der Waals surface area contributed by atoms with Crippen LogP contribution in [0.5, 0.6) is 5.75 Å². The first-order valence-corrected chi connectivity index (χ1v) is 6.61. The maximum Gasteiger partial charge on any atom is 0.337 e. The van der Waals surface area contributed by atoms with Gasteiger partial charge in [-0.15, -0.1) is 0 Å². The number of aromatic carboxylic acids is 1. The van der Waals surface area contributed by atoms with E-state index in [1.165, 1.54) is 12.1 Å². The molecule has 7 heteroatoms. The third-order valence-electron chi connectivity index (χ3n) is 2.87. The van der Waals surface area contributed by atoms with Crippen LogP contribution >= 0.6 is 23.2 Å². The van der Waals surface area contributed by atoms with Crippen molar-refractivity contribution in [3.05, 3.63) is 51.5 Å². The lowest BCUT2D eigenvalue weighted by atomic mass is 10.1. The molecule has 0 atom stereocenters. The largest absolute Gasteiger partial charge is 0.507 e. The van der Waals surface area contributed by atoms with Gasteiger partial charge in [-0.05, 0) is 12.1 Å². The summed E-state index contributed by atoms with van der Waals surface area (Å²) in [5.41, 5.74) is 0.664. The first-order valence-electron chi connectivity index (χ1n) is 5.85. The number of carbonyl (C=O) groups is 1. The van der Waals surface area contributed by atoms with Gasteiger partial charge in [0.15, 0.2) is 0 Å². The Labute approximate surface area is 130 Å². The molecule has 5 nitrogen and oxygen atoms in total. The molecule has 0 saturated carbocycles. The molecule has 4 N–H and O–H groups in total. The third-order valence-corrected chi connectivity index (χ3v) is 3.59. The van der Waals surface area contributed by atoms with Crippen LogP contribution in [0.2, 0.25) is 10.0 Å². The number of carboxylic acid groups (broad SMARTS) is 1. The van der Waals surface area contributed by atoms with Crippen molar-refractivity contribution >= 4 is 40.5 Å². The number of rotatable bonds is 4. The molecule has 0 amide bonds. The molecular weight excluding hydrogens is 317 g/mol. The van der Waals surface area contributed by atoms with E-state index in [2.05, 4.69) is 5.32 Å². The van der Waals surface area contributed by atoms with Gasteiger partial charge in [-0.25, -0.2) is 4.79 Å². The van der Waals surface area contributed by atoms with Crippen LogP contribution in [0.1, 0.15) is 15.9 Å². The van der Waals surface area contributed by atoms with Crippen LogP contribution < -0.4 is 5.32 Å². The van der Waals surface area contributed by atoms with E-state index in [4.69, 9.17) is 28.3 Å². The molecule has 0 aromatic heterocycles. The highest BCUT2D eigenvalue weighted by molar-refractivity contribution is 6.40. The van der Waals surface area contributed by atoms with Crippen LogP contribution in [0.15, 0.2) is 30.3 Å². The van der Waals surface area contributed by atoms with E-state index < -0.39 is 12.6 Å². The summed E-state index contributed by atoms with van der Waals surface area (Å²) >= 11 is 12.1. The molecule has 0 bridgehead atoms. The van der Waals surface area contributed by atoms with E-state index >= 15 is 0 Å². The second-order valence-corrected chi connectivity index (χ2v) is 4.96. The van der Waals surface area contributed by atoms with Crippen molar-refractivity contribution in [1.82, 2.24) is 0 Å². The zero-order chi connectivity index (χ0) is 15.6. The molecule has 0 radical (unpaired) electrons. The fourth-order valence-electron chi connectivity index (χ4n) is 1.83. The normalized spacial score (nSPS) is 10.4. The van der Waals surface area contributed by atoms with Gasteiger partial charge in [0.2, 0.25) is 0 Å². The number of para-hydroxylation sites is 1. The SMILES string of the molecule is O=C(O)c1ccccc1Nc1c(Cl)cc(O)c(CO)c1Cl. The summed E-state index contributed by atoms with van der Waals surface area (Å²) < 4.78 is 0. The highest BCUT2D eigenvalue weighted by Crippen LogP contribution is 2.40. The van der Waals surface area contributed by atoms with Gasteiger partial charge in [0.05, 0.1) is 33.6 Å². The van der Waals surface area contributed by atoms with Crippen molar-refractivity contribution in [3.63, 3.8) is 0 Å². The molecule has 21 heavy (non-hydrogen) atoms. The van der Waals surface area contributed by atoms with Crippen LogP contribution in [0.4, 0.5) is 11.4 Å². The number of aliphatic hydroxyl groups excluding tert-OH is 1. The van der Waals surface area contributed by atoms with Crippen LogP contribution in [0.25, 0.3) is 0 Å². The summed E-state index contributed by atoms with van der Waals surface area (Å²) in [6.07, 6.45) is 0. The highest BCUT2D eigenvalue weighted by Gasteiger charge is 2.17. The number of phenols is 1. The summed E-state index contributed by atoms with van der Waals surface area (Å²) in [7, 11) is 0. The summed E-state index contributed by atoms with van der Waals surface area (Å²) in [4.78, 5) is 11.2. The molecule has 0 aliphatic carbocycles. The van der Waals surface area contributed by atoms with E-state index in [1.54, 1.807) is 18.2 Å². The van der Waals surface area contributed by atoms with Crippen molar-refractivity contribution in [2.45, 2.75) is 6.61 Å². The topological polar surface area (TPSA) is 89.8 Å². The number of aliphatic hydroxyl groups is 1. The number of hydrogen-bond acceptors (Lipinski definition) is 4. The maximum absolute atomic E-state index is 11.2.